The molecular formula is C64H62N12O13S6. The van der Waals surface area contributed by atoms with E-state index in [-0.39, 0.29) is 66.2 Å². The maximum Gasteiger partial charge on any atom is 0.416 e. The van der Waals surface area contributed by atoms with E-state index < -0.39 is 84.3 Å². The van der Waals surface area contributed by atoms with Crippen LogP contribution in [0.5, 0.6) is 0 Å². The average Bonchev–Trinajstić information content (AvgIpc) is 1.69. The van der Waals surface area contributed by atoms with Gasteiger partial charge in [0.2, 0.25) is 11.8 Å². The van der Waals surface area contributed by atoms with Crippen LogP contribution in [0.15, 0.2) is 88.3 Å². The highest BCUT2D eigenvalue weighted by Crippen LogP contribution is 2.42. The van der Waals surface area contributed by atoms with Crippen molar-refractivity contribution in [3.05, 3.63) is 147 Å². The third-order valence-electron chi connectivity index (χ3n) is 15.9. The number of aliphatic hydroxyl groups is 1. The predicted molar refractivity (Wildman–Crippen MR) is 358 cm³/mol. The van der Waals surface area contributed by atoms with Crippen molar-refractivity contribution in [2.75, 3.05) is 25.6 Å². The van der Waals surface area contributed by atoms with Crippen molar-refractivity contribution in [3.8, 4) is 43.4 Å². The number of carboxylic acid groups (broad SMARTS) is 2. The Morgan fingerprint density at radius 1 is 0.716 bits per heavy atom. The number of nitrogens with zero attached hydrogens (tertiary/aromatic N) is 8. The summed E-state index contributed by atoms with van der Waals surface area (Å²) in [7, 11) is 2.94. The lowest BCUT2D eigenvalue weighted by Gasteiger charge is -2.28. The van der Waals surface area contributed by atoms with Gasteiger partial charge in [-0.25, -0.2) is 44.5 Å². The lowest BCUT2D eigenvalue weighted by Crippen LogP contribution is -2.40. The predicted octanol–water partition coefficient (Wildman–Crippen LogP) is 10.7. The number of aliphatic hydroxyl groups excluding tert-OH is 1. The summed E-state index contributed by atoms with van der Waals surface area (Å²) in [6, 6.07) is 16.2. The fraction of sp³-hybridized carbons (Fsp3) is 0.328. The molecule has 25 nitrogen and oxygen atoms in total. The lowest BCUT2D eigenvalue weighted by atomic mass is 9.87. The summed E-state index contributed by atoms with van der Waals surface area (Å²) >= 11 is 7.08. The lowest BCUT2D eigenvalue weighted by molar-refractivity contribution is -0.143. The third-order valence-corrected chi connectivity index (χ3v) is 21.7. The van der Waals surface area contributed by atoms with Gasteiger partial charge in [0.15, 0.2) is 5.78 Å². The van der Waals surface area contributed by atoms with Gasteiger partial charge in [-0.2, -0.15) is 0 Å². The number of methoxy groups -OCH3 is 1. The minimum absolute atomic E-state index is 0.00304. The van der Waals surface area contributed by atoms with E-state index in [1.165, 1.54) is 65.2 Å². The normalized spacial score (nSPS) is 18.2. The van der Waals surface area contributed by atoms with E-state index in [0.717, 1.165) is 34.0 Å². The Morgan fingerprint density at radius 3 is 2.17 bits per heavy atom. The summed E-state index contributed by atoms with van der Waals surface area (Å²) in [5.74, 6) is -5.82. The molecule has 4 atom stereocenters. The second-order valence-electron chi connectivity index (χ2n) is 22.7. The van der Waals surface area contributed by atoms with Gasteiger partial charge < -0.3 is 46.1 Å². The summed E-state index contributed by atoms with van der Waals surface area (Å²) < 4.78 is 11.5. The molecule has 10 bridgehead atoms. The Labute approximate surface area is 567 Å². The van der Waals surface area contributed by atoms with Crippen molar-refractivity contribution >= 4 is 121 Å². The number of amides is 5. The zero-order valence-corrected chi connectivity index (χ0v) is 56.4. The zero-order chi connectivity index (χ0) is 67.2. The monoisotopic (exact) mass is 1400 g/mol. The van der Waals surface area contributed by atoms with E-state index in [0.29, 0.717) is 105 Å². The van der Waals surface area contributed by atoms with E-state index >= 15 is 0 Å². The number of aromatic nitrogens is 7. The molecule has 1 unspecified atom stereocenters. The Bertz CT molecular complexity index is 4360. The maximum absolute atomic E-state index is 14.5. The van der Waals surface area contributed by atoms with Gasteiger partial charge in [-0.1, -0.05) is 56.3 Å². The molecule has 7 N–H and O–H groups in total. The quantitative estimate of drug-likeness (QED) is 0.0532. The fourth-order valence-corrected chi connectivity index (χ4v) is 16.4. The Balaban J connectivity index is 0.983. The number of carbonyl (C=O) groups excluding carboxylic acids is 6. The van der Waals surface area contributed by atoms with Gasteiger partial charge in [-0.15, -0.1) is 68.0 Å². The summed E-state index contributed by atoms with van der Waals surface area (Å²) in [6.45, 7) is 4.95. The summed E-state index contributed by atoms with van der Waals surface area (Å²) in [6.07, 6.45) is -1.64. The molecule has 1 saturated carbocycles. The van der Waals surface area contributed by atoms with E-state index in [2.05, 4.69) is 21.3 Å². The number of fused-ring (bicyclic) bond motifs is 14. The second kappa shape index (κ2) is 29.8. The van der Waals surface area contributed by atoms with E-state index in [1.807, 2.05) is 13.8 Å². The largest absolute Gasteiger partial charge is 0.481 e. The van der Waals surface area contributed by atoms with Crippen molar-refractivity contribution in [2.45, 2.75) is 103 Å². The first-order chi connectivity index (χ1) is 45.7. The second-order valence-corrected chi connectivity index (χ2v) is 28.5. The van der Waals surface area contributed by atoms with E-state index in [9.17, 15) is 53.7 Å². The first-order valence-corrected chi connectivity index (χ1v) is 35.1. The first-order valence-electron chi connectivity index (χ1n) is 29.9. The van der Waals surface area contributed by atoms with Gasteiger partial charge in [0, 0.05) is 58.5 Å². The summed E-state index contributed by atoms with van der Waals surface area (Å²) in [5, 5.41) is 51.5. The Morgan fingerprint density at radius 2 is 1.43 bits per heavy atom. The average molecular weight is 1400 g/mol. The van der Waals surface area contributed by atoms with Gasteiger partial charge in [-0.3, -0.25) is 33.7 Å². The van der Waals surface area contributed by atoms with Crippen LogP contribution in [0.4, 0.5) is 10.6 Å². The number of Topliss-reactive ketones (excluding diaryl/α,β-unsaturated/α-hetero) is 1. The zero-order valence-electron chi connectivity index (χ0n) is 51.5. The highest BCUT2D eigenvalue weighted by molar-refractivity contribution is 7.15. The number of nitrogens with one attached hydrogen (secondary N) is 4. The smallest absolute Gasteiger partial charge is 0.416 e. The molecule has 8 heterocycles. The number of pyridine rings is 1. The minimum atomic E-state index is -1.31. The van der Waals surface area contributed by atoms with Crippen molar-refractivity contribution in [1.29, 1.82) is 0 Å². The van der Waals surface area contributed by atoms with Crippen LogP contribution in [0.3, 0.4) is 0 Å². The number of rotatable bonds is 14. The number of anilines is 1. The third kappa shape index (κ3) is 15.6. The number of aliphatic carboxylic acids is 1. The molecule has 0 saturated heterocycles. The SMILES string of the molecule is CNC(=O)C[C@@H]1NC(=O)c2csc(n2)-c2ccc(-c3nc(N(Cc4cccc(C(=O)O)c4)C(=O)OC4CCC(C(=O)O)CC4)cs3)nc2-c2csc(n2)-c2csc(n2)[C@H]([C@@H](O)c2ccccc2)NC(=O)CNC(=O)c2nc(sc2COC)C(C(C)C)CC(=O)c2nc1sc2C. The first kappa shape index (κ1) is 67.5. The van der Waals surface area contributed by atoms with Gasteiger partial charge in [0.25, 0.3) is 11.8 Å². The van der Waals surface area contributed by atoms with Gasteiger partial charge in [-0.05, 0) is 73.9 Å². The molecule has 0 spiro atoms. The number of aromatic carboxylic acids is 1. The molecule has 1 aliphatic carbocycles. The van der Waals surface area contributed by atoms with Gasteiger partial charge in [0.05, 0.1) is 59.2 Å². The Hall–Kier alpha value is -8.95. The van der Waals surface area contributed by atoms with Crippen LogP contribution in [0, 0.1) is 18.8 Å². The number of benzene rings is 2. The molecule has 1 aliphatic heterocycles. The molecule has 7 aromatic heterocycles. The number of hydrogen-bond donors (Lipinski definition) is 7. The molecule has 0 radical (unpaired) electrons. The molecule has 31 heteroatoms. The fourth-order valence-electron chi connectivity index (χ4n) is 10.8. The van der Waals surface area contributed by atoms with Crippen LogP contribution in [0.2, 0.25) is 0 Å². The van der Waals surface area contributed by atoms with Gasteiger partial charge in [0.1, 0.15) is 83.3 Å². The molecule has 9 aromatic rings. The molecule has 11 rings (SSSR count). The molecule has 5 amide bonds. The summed E-state index contributed by atoms with van der Waals surface area (Å²) in [5.41, 5.74) is 2.92. The topological polar surface area (TPSA) is 357 Å². The van der Waals surface area contributed by atoms with Crippen molar-refractivity contribution in [2.24, 2.45) is 11.8 Å². The standard InChI is InChI=1S/C64H62N12O13S6/c1-30(2)38-21-44(77)49-31(3)94-60(74-49)40(22-47(78)65-4)68-54(81)42-27-90-56(70-42)37-18-19-39(58-72-46(29-93-58)76(24-32-10-9-13-35(20-32)63(85)86)64(87)89-36-16-14-34(15-17-36)62(83)84)67-50(37)41-26-91-59(69-41)43-28-92-61(71-43)52(53(80)33-11-7-6-8-12-33)73-48(79)23-66-55(82)51-45(25-88-5)95-57(38)75-51/h6-13,18-20,26-30,34,36,38,40,52-53,80H,14-17,21-25H2,1-5H3,(H,65,78)(H,66,82)(H,68,81)(H,73,79)(H,83,84)(H,85,86)/t34?,36?,38?,40-,52-,53-/m0/s1. The molecule has 1 fully saturated rings. The molecule has 2 aromatic carbocycles. The molecule has 2 aliphatic rings. The van der Waals surface area contributed by atoms with Crippen LogP contribution in [0.25, 0.3) is 43.4 Å². The highest BCUT2D eigenvalue weighted by atomic mass is 32.1. The molecule has 95 heavy (non-hydrogen) atoms. The van der Waals surface area contributed by atoms with Gasteiger partial charge >= 0.3 is 18.0 Å². The number of ketones is 1. The number of carbonyl (C=O) groups is 8. The van der Waals surface area contributed by atoms with Crippen molar-refractivity contribution < 1.29 is 63.1 Å². The van der Waals surface area contributed by atoms with Crippen LogP contribution < -0.4 is 26.2 Å². The van der Waals surface area contributed by atoms with Crippen LogP contribution >= 0.6 is 68.0 Å². The minimum Gasteiger partial charge on any atom is -0.481 e. The number of hydrogen-bond acceptors (Lipinski definition) is 24. The molecular weight excluding hydrogens is 1340 g/mol. The van der Waals surface area contributed by atoms with E-state index in [4.69, 9.17) is 44.4 Å². The maximum atomic E-state index is 14.5. The molecule has 492 valence electrons. The van der Waals surface area contributed by atoms with E-state index in [1.54, 1.807) is 83.0 Å². The number of carboxylic acids is 2. The number of thiazole rings is 6. The summed E-state index contributed by atoms with van der Waals surface area (Å²) in [4.78, 5) is 145. The van der Waals surface area contributed by atoms with Crippen molar-refractivity contribution in [1.82, 2.24) is 56.2 Å². The van der Waals surface area contributed by atoms with Crippen LogP contribution in [0.1, 0.15) is 154 Å². The number of aryl methyl sites for hydroxylation is 1. The number of ether oxygens (including phenoxy) is 2. The van der Waals surface area contributed by atoms with Crippen LogP contribution in [-0.2, 0) is 37.0 Å². The van der Waals surface area contributed by atoms with Crippen LogP contribution in [-0.4, -0.2) is 124 Å². The Kier molecular flexibility index (Phi) is 21.1. The highest BCUT2D eigenvalue weighted by Gasteiger charge is 2.35. The van der Waals surface area contributed by atoms with Crippen molar-refractivity contribution in [3.63, 3.8) is 0 Å².